The van der Waals surface area contributed by atoms with Crippen molar-refractivity contribution in [3.05, 3.63) is 0 Å². The lowest BCUT2D eigenvalue weighted by Crippen LogP contribution is -2.59. The minimum Gasteiger partial charge on any atom is -0.311 e. The third-order valence-electron chi connectivity index (χ3n) is 4.63. The lowest BCUT2D eigenvalue weighted by Gasteiger charge is -2.42. The Balaban J connectivity index is 1.86. The average Bonchev–Trinajstić information content (AvgIpc) is 3.20. The highest BCUT2D eigenvalue weighted by molar-refractivity contribution is 8.00. The summed E-state index contributed by atoms with van der Waals surface area (Å²) in [5.74, 6) is 1.43. The molecule has 0 aromatic rings. The van der Waals surface area contributed by atoms with E-state index in [1.54, 1.807) is 0 Å². The van der Waals surface area contributed by atoms with Crippen LogP contribution in [0.5, 0.6) is 0 Å². The van der Waals surface area contributed by atoms with Gasteiger partial charge in [0.25, 0.3) is 0 Å². The van der Waals surface area contributed by atoms with Crippen molar-refractivity contribution in [2.45, 2.75) is 50.7 Å². The predicted molar refractivity (Wildman–Crippen MR) is 77.8 cm³/mol. The van der Waals surface area contributed by atoms with Crippen LogP contribution in [0.4, 0.5) is 13.2 Å². The van der Waals surface area contributed by atoms with Crippen molar-refractivity contribution >= 4 is 11.8 Å². The van der Waals surface area contributed by atoms with Crippen LogP contribution in [-0.2, 0) is 0 Å². The Hall–Kier alpha value is 0.0600. The van der Waals surface area contributed by atoms with Crippen LogP contribution < -0.4 is 5.32 Å². The fourth-order valence-corrected chi connectivity index (χ4v) is 3.56. The molecular weight excluding hydrogens is 285 g/mol. The second-order valence-electron chi connectivity index (χ2n) is 6.09. The largest absolute Gasteiger partial charge is 0.441 e. The van der Waals surface area contributed by atoms with Crippen molar-refractivity contribution in [3.63, 3.8) is 0 Å². The molecule has 3 atom stereocenters. The molecule has 2 rings (SSSR count). The molecule has 1 N–H and O–H groups in total. The first kappa shape index (κ1) is 16.4. The summed E-state index contributed by atoms with van der Waals surface area (Å²) in [6.45, 7) is 6.78. The summed E-state index contributed by atoms with van der Waals surface area (Å²) in [5, 5.41) is 3.61. The first-order valence-electron chi connectivity index (χ1n) is 7.58. The van der Waals surface area contributed by atoms with E-state index >= 15 is 0 Å². The Kier molecular flexibility index (Phi) is 5.65. The number of hydrogen-bond acceptors (Lipinski definition) is 3. The van der Waals surface area contributed by atoms with Crippen LogP contribution in [0.25, 0.3) is 0 Å². The van der Waals surface area contributed by atoms with Gasteiger partial charge in [-0.05, 0) is 36.4 Å². The smallest absolute Gasteiger partial charge is 0.311 e. The van der Waals surface area contributed by atoms with Crippen molar-refractivity contribution in [3.8, 4) is 0 Å². The summed E-state index contributed by atoms with van der Waals surface area (Å²) >= 11 is 0.115. The highest BCUT2D eigenvalue weighted by atomic mass is 32.2. The van der Waals surface area contributed by atoms with Gasteiger partial charge in [0.2, 0.25) is 0 Å². The Morgan fingerprint density at radius 2 is 2.05 bits per heavy atom. The van der Waals surface area contributed by atoms with E-state index in [9.17, 15) is 13.2 Å². The van der Waals surface area contributed by atoms with Crippen molar-refractivity contribution in [2.75, 3.05) is 25.4 Å². The van der Waals surface area contributed by atoms with Crippen molar-refractivity contribution in [1.82, 2.24) is 10.2 Å². The number of alkyl halides is 3. The van der Waals surface area contributed by atoms with Crippen LogP contribution in [-0.4, -0.2) is 47.9 Å². The SMILES string of the molecule is CCC(C)C1CN(CCSC(F)(F)F)C(C2CC2)CN1. The van der Waals surface area contributed by atoms with Gasteiger partial charge in [-0.1, -0.05) is 20.3 Å². The second kappa shape index (κ2) is 6.88. The number of halogens is 3. The fourth-order valence-electron chi connectivity index (χ4n) is 3.00. The molecule has 1 aliphatic heterocycles. The minimum atomic E-state index is -4.10. The number of rotatable bonds is 6. The van der Waals surface area contributed by atoms with Crippen molar-refractivity contribution in [1.29, 1.82) is 0 Å². The molecule has 2 fully saturated rings. The second-order valence-corrected chi connectivity index (χ2v) is 7.25. The summed E-state index contributed by atoms with van der Waals surface area (Å²) in [5.41, 5.74) is -4.10. The molecule has 118 valence electrons. The molecule has 1 aliphatic carbocycles. The lowest BCUT2D eigenvalue weighted by molar-refractivity contribution is -0.0330. The molecule has 6 heteroatoms. The summed E-state index contributed by atoms with van der Waals surface area (Å²) in [6, 6.07) is 0.870. The van der Waals surface area contributed by atoms with Crippen LogP contribution in [0.2, 0.25) is 0 Å². The van der Waals surface area contributed by atoms with Crippen LogP contribution in [0.15, 0.2) is 0 Å². The Morgan fingerprint density at radius 1 is 1.35 bits per heavy atom. The van der Waals surface area contributed by atoms with Gasteiger partial charge in [0.15, 0.2) is 0 Å². The standard InChI is InChI=1S/C14H25F3N2S/c1-3-10(2)12-9-19(6-7-20-14(15,16)17)13(8-18-12)11-4-5-11/h10-13,18H,3-9H2,1-2H3. The summed E-state index contributed by atoms with van der Waals surface area (Å²) in [7, 11) is 0. The van der Waals surface area contributed by atoms with Gasteiger partial charge in [-0.15, -0.1) is 0 Å². The van der Waals surface area contributed by atoms with Crippen LogP contribution >= 0.6 is 11.8 Å². The number of thioether (sulfide) groups is 1. The molecule has 0 aromatic heterocycles. The van der Waals surface area contributed by atoms with Crippen LogP contribution in [0.1, 0.15) is 33.1 Å². The van der Waals surface area contributed by atoms with Crippen LogP contribution in [0.3, 0.4) is 0 Å². The van der Waals surface area contributed by atoms with E-state index in [1.807, 2.05) is 0 Å². The molecule has 1 heterocycles. The normalized spacial score (nSPS) is 30.4. The summed E-state index contributed by atoms with van der Waals surface area (Å²) < 4.78 is 36.8. The van der Waals surface area contributed by atoms with Crippen LogP contribution in [0, 0.1) is 11.8 Å². The van der Waals surface area contributed by atoms with E-state index in [2.05, 4.69) is 24.1 Å². The molecule has 1 saturated heterocycles. The van der Waals surface area contributed by atoms with E-state index in [-0.39, 0.29) is 17.5 Å². The fraction of sp³-hybridized carbons (Fsp3) is 1.00. The molecule has 0 aromatic carbocycles. The molecule has 0 amide bonds. The summed E-state index contributed by atoms with van der Waals surface area (Å²) in [6.07, 6.45) is 3.59. The molecule has 0 radical (unpaired) electrons. The minimum absolute atomic E-state index is 0.115. The summed E-state index contributed by atoms with van der Waals surface area (Å²) in [4.78, 5) is 2.31. The van der Waals surface area contributed by atoms with Gasteiger partial charge in [0, 0.05) is 37.5 Å². The van der Waals surface area contributed by atoms with E-state index in [4.69, 9.17) is 0 Å². The van der Waals surface area contributed by atoms with E-state index in [0.29, 0.717) is 30.5 Å². The molecule has 0 spiro atoms. The Labute approximate surface area is 123 Å². The first-order valence-corrected chi connectivity index (χ1v) is 8.57. The maximum Gasteiger partial charge on any atom is 0.441 e. The zero-order valence-corrected chi connectivity index (χ0v) is 13.1. The van der Waals surface area contributed by atoms with Gasteiger partial charge in [0.1, 0.15) is 0 Å². The van der Waals surface area contributed by atoms with Gasteiger partial charge >= 0.3 is 5.51 Å². The predicted octanol–water partition coefficient (Wildman–Crippen LogP) is 3.34. The van der Waals surface area contributed by atoms with Gasteiger partial charge < -0.3 is 5.32 Å². The molecule has 20 heavy (non-hydrogen) atoms. The Bertz CT molecular complexity index is 307. The molecule has 2 aliphatic rings. The van der Waals surface area contributed by atoms with Gasteiger partial charge in [-0.25, -0.2) is 0 Å². The van der Waals surface area contributed by atoms with E-state index in [0.717, 1.165) is 19.5 Å². The van der Waals surface area contributed by atoms with E-state index < -0.39 is 5.51 Å². The topological polar surface area (TPSA) is 15.3 Å². The highest BCUT2D eigenvalue weighted by Gasteiger charge is 2.39. The number of nitrogens with one attached hydrogen (secondary N) is 1. The number of nitrogens with zero attached hydrogens (tertiary/aromatic N) is 1. The first-order chi connectivity index (χ1) is 9.40. The zero-order chi connectivity index (χ0) is 14.8. The molecule has 3 unspecified atom stereocenters. The number of piperazine rings is 1. The third kappa shape index (κ3) is 4.81. The van der Waals surface area contributed by atoms with Crippen molar-refractivity contribution < 1.29 is 13.2 Å². The monoisotopic (exact) mass is 310 g/mol. The lowest BCUT2D eigenvalue weighted by atomic mass is 9.94. The highest BCUT2D eigenvalue weighted by Crippen LogP contribution is 2.37. The van der Waals surface area contributed by atoms with E-state index in [1.165, 1.54) is 12.8 Å². The third-order valence-corrected chi connectivity index (χ3v) is 5.34. The molecule has 0 bridgehead atoms. The number of hydrogen-bond donors (Lipinski definition) is 1. The zero-order valence-electron chi connectivity index (χ0n) is 12.2. The maximum atomic E-state index is 12.3. The van der Waals surface area contributed by atoms with Gasteiger partial charge in [-0.3, -0.25) is 4.90 Å². The molecule has 1 saturated carbocycles. The van der Waals surface area contributed by atoms with Crippen molar-refractivity contribution in [2.24, 2.45) is 11.8 Å². The molecule has 2 nitrogen and oxygen atoms in total. The molecular formula is C14H25F3N2S. The Morgan fingerprint density at radius 3 is 2.60 bits per heavy atom. The average molecular weight is 310 g/mol. The van der Waals surface area contributed by atoms with Gasteiger partial charge in [-0.2, -0.15) is 13.2 Å². The van der Waals surface area contributed by atoms with Gasteiger partial charge in [0.05, 0.1) is 0 Å². The maximum absolute atomic E-state index is 12.3. The quantitative estimate of drug-likeness (QED) is 0.810.